The Kier molecular flexibility index (Phi) is 4.07. The quantitative estimate of drug-likeness (QED) is 0.876. The van der Waals surface area contributed by atoms with Gasteiger partial charge in [0.05, 0.1) is 0 Å². The number of benzene rings is 1. The molecule has 1 heterocycles. The predicted molar refractivity (Wildman–Crippen MR) is 61.4 cm³/mol. The summed E-state index contributed by atoms with van der Waals surface area (Å²) in [5, 5.41) is 9.12. The lowest BCUT2D eigenvalue weighted by Crippen LogP contribution is -2.36. The van der Waals surface area contributed by atoms with Crippen LogP contribution in [0.3, 0.4) is 0 Å². The van der Waals surface area contributed by atoms with E-state index < -0.39 is 11.6 Å². The Bertz CT molecular complexity index is 363. The number of halogens is 2. The van der Waals surface area contributed by atoms with Crippen LogP contribution in [-0.2, 0) is 6.54 Å². The van der Waals surface area contributed by atoms with E-state index in [1.54, 1.807) is 0 Å². The zero-order valence-electron chi connectivity index (χ0n) is 9.70. The van der Waals surface area contributed by atoms with Gasteiger partial charge in [0.2, 0.25) is 0 Å². The topological polar surface area (TPSA) is 23.5 Å². The van der Waals surface area contributed by atoms with Crippen molar-refractivity contribution in [1.29, 1.82) is 0 Å². The van der Waals surface area contributed by atoms with Gasteiger partial charge in [-0.3, -0.25) is 4.90 Å². The molecule has 1 aliphatic heterocycles. The van der Waals surface area contributed by atoms with Gasteiger partial charge in [0.25, 0.3) is 0 Å². The molecule has 1 aromatic rings. The molecule has 1 atom stereocenters. The van der Waals surface area contributed by atoms with Gasteiger partial charge in [-0.15, -0.1) is 0 Å². The van der Waals surface area contributed by atoms with Crippen LogP contribution >= 0.6 is 0 Å². The molecule has 1 N–H and O–H groups in total. The number of aliphatic hydroxyl groups excluding tert-OH is 1. The third-order valence-electron chi connectivity index (χ3n) is 3.19. The number of rotatable bonds is 3. The van der Waals surface area contributed by atoms with Gasteiger partial charge in [0, 0.05) is 25.8 Å². The molecule has 0 aliphatic carbocycles. The minimum Gasteiger partial charge on any atom is -0.396 e. The van der Waals surface area contributed by atoms with Gasteiger partial charge in [0.1, 0.15) is 11.6 Å². The number of hydrogen-bond acceptors (Lipinski definition) is 2. The summed E-state index contributed by atoms with van der Waals surface area (Å²) in [6.45, 7) is 2.46. The first-order valence-electron chi connectivity index (χ1n) is 5.95. The van der Waals surface area contributed by atoms with Crippen LogP contribution in [0.5, 0.6) is 0 Å². The molecule has 1 aliphatic rings. The van der Waals surface area contributed by atoms with E-state index in [-0.39, 0.29) is 6.61 Å². The van der Waals surface area contributed by atoms with Crippen LogP contribution in [-0.4, -0.2) is 29.7 Å². The summed E-state index contributed by atoms with van der Waals surface area (Å²) in [7, 11) is 0. The molecular formula is C13H17F2NO. The van der Waals surface area contributed by atoms with Gasteiger partial charge in [-0.2, -0.15) is 0 Å². The Morgan fingerprint density at radius 2 is 1.94 bits per heavy atom. The Hall–Kier alpha value is -1.00. The molecule has 1 unspecified atom stereocenters. The molecule has 0 spiro atoms. The SMILES string of the molecule is OCC1CCCN(Cc2cc(F)cc(F)c2)C1. The maximum Gasteiger partial charge on any atom is 0.126 e. The number of nitrogens with zero attached hydrogens (tertiary/aromatic N) is 1. The molecular weight excluding hydrogens is 224 g/mol. The maximum absolute atomic E-state index is 13.0. The normalized spacial score (nSPS) is 21.7. The van der Waals surface area contributed by atoms with Crippen molar-refractivity contribution in [3.05, 3.63) is 35.4 Å². The van der Waals surface area contributed by atoms with E-state index in [2.05, 4.69) is 4.90 Å². The van der Waals surface area contributed by atoms with E-state index in [9.17, 15) is 8.78 Å². The fourth-order valence-electron chi connectivity index (χ4n) is 2.40. The highest BCUT2D eigenvalue weighted by Crippen LogP contribution is 2.18. The van der Waals surface area contributed by atoms with Crippen molar-refractivity contribution >= 4 is 0 Å². The zero-order chi connectivity index (χ0) is 12.3. The van der Waals surface area contributed by atoms with Gasteiger partial charge in [-0.05, 0) is 43.0 Å². The molecule has 0 saturated carbocycles. The summed E-state index contributed by atoms with van der Waals surface area (Å²) in [5.41, 5.74) is 0.654. The van der Waals surface area contributed by atoms with Crippen molar-refractivity contribution in [3.8, 4) is 0 Å². The standard InChI is InChI=1S/C13H17F2NO/c14-12-4-11(5-13(15)6-12)8-16-3-1-2-10(7-16)9-17/h4-6,10,17H,1-3,7-9H2. The molecule has 1 aromatic carbocycles. The number of piperidine rings is 1. The average Bonchev–Trinajstić information content (AvgIpc) is 2.28. The van der Waals surface area contributed by atoms with E-state index in [1.807, 2.05) is 0 Å². The van der Waals surface area contributed by atoms with Crippen LogP contribution in [0.2, 0.25) is 0 Å². The number of likely N-dealkylation sites (tertiary alicyclic amines) is 1. The molecule has 1 fully saturated rings. The summed E-state index contributed by atoms with van der Waals surface area (Å²) in [6.07, 6.45) is 2.06. The van der Waals surface area contributed by atoms with Gasteiger partial charge in [-0.25, -0.2) is 8.78 Å². The molecule has 0 aromatic heterocycles. The molecule has 0 amide bonds. The van der Waals surface area contributed by atoms with Crippen LogP contribution in [0, 0.1) is 17.6 Å². The lowest BCUT2D eigenvalue weighted by molar-refractivity contribution is 0.115. The predicted octanol–water partition coefficient (Wildman–Crippen LogP) is 2.17. The van der Waals surface area contributed by atoms with Crippen LogP contribution in [0.4, 0.5) is 8.78 Å². The van der Waals surface area contributed by atoms with Crippen molar-refractivity contribution in [2.75, 3.05) is 19.7 Å². The molecule has 17 heavy (non-hydrogen) atoms. The Labute approximate surface area is 99.9 Å². The monoisotopic (exact) mass is 241 g/mol. The van der Waals surface area contributed by atoms with Crippen LogP contribution in [0.15, 0.2) is 18.2 Å². The summed E-state index contributed by atoms with van der Waals surface area (Å²) >= 11 is 0. The van der Waals surface area contributed by atoms with Crippen molar-refractivity contribution < 1.29 is 13.9 Å². The Balaban J connectivity index is 2.00. The second-order valence-electron chi connectivity index (χ2n) is 4.70. The minimum atomic E-state index is -0.532. The van der Waals surface area contributed by atoms with Gasteiger partial charge >= 0.3 is 0 Å². The third kappa shape index (κ3) is 3.48. The summed E-state index contributed by atoms with van der Waals surface area (Å²) in [4.78, 5) is 2.14. The van der Waals surface area contributed by atoms with Gasteiger partial charge in [0.15, 0.2) is 0 Å². The molecule has 1 saturated heterocycles. The molecule has 2 nitrogen and oxygen atoms in total. The summed E-state index contributed by atoms with van der Waals surface area (Å²) in [5.74, 6) is -0.770. The maximum atomic E-state index is 13.0. The highest BCUT2D eigenvalue weighted by Gasteiger charge is 2.19. The van der Waals surface area contributed by atoms with Crippen molar-refractivity contribution in [3.63, 3.8) is 0 Å². The summed E-state index contributed by atoms with van der Waals surface area (Å²) in [6, 6.07) is 3.62. The fourth-order valence-corrected chi connectivity index (χ4v) is 2.40. The van der Waals surface area contributed by atoms with E-state index in [4.69, 9.17) is 5.11 Å². The van der Waals surface area contributed by atoms with Crippen molar-refractivity contribution in [1.82, 2.24) is 4.90 Å². The molecule has 0 bridgehead atoms. The minimum absolute atomic E-state index is 0.189. The first-order chi connectivity index (χ1) is 8.17. The Morgan fingerprint density at radius 3 is 2.59 bits per heavy atom. The van der Waals surface area contributed by atoms with Crippen molar-refractivity contribution in [2.24, 2.45) is 5.92 Å². The van der Waals surface area contributed by atoms with E-state index in [1.165, 1.54) is 12.1 Å². The third-order valence-corrected chi connectivity index (χ3v) is 3.19. The highest BCUT2D eigenvalue weighted by atomic mass is 19.1. The molecule has 94 valence electrons. The first kappa shape index (κ1) is 12.5. The lowest BCUT2D eigenvalue weighted by atomic mass is 9.98. The number of aliphatic hydroxyl groups is 1. The van der Waals surface area contributed by atoms with Gasteiger partial charge in [-0.1, -0.05) is 0 Å². The molecule has 4 heteroatoms. The second-order valence-corrected chi connectivity index (χ2v) is 4.70. The smallest absolute Gasteiger partial charge is 0.126 e. The lowest BCUT2D eigenvalue weighted by Gasteiger charge is -2.31. The fraction of sp³-hybridized carbons (Fsp3) is 0.538. The summed E-state index contributed by atoms with van der Waals surface area (Å²) < 4.78 is 26.1. The highest BCUT2D eigenvalue weighted by molar-refractivity contribution is 5.17. The van der Waals surface area contributed by atoms with Crippen molar-refractivity contribution in [2.45, 2.75) is 19.4 Å². The second kappa shape index (κ2) is 5.56. The largest absolute Gasteiger partial charge is 0.396 e. The Morgan fingerprint density at radius 1 is 1.24 bits per heavy atom. The van der Waals surface area contributed by atoms with Crippen LogP contribution < -0.4 is 0 Å². The van der Waals surface area contributed by atoms with E-state index in [0.717, 1.165) is 32.0 Å². The first-order valence-corrected chi connectivity index (χ1v) is 5.95. The molecule has 2 rings (SSSR count). The number of hydrogen-bond donors (Lipinski definition) is 1. The molecule has 0 radical (unpaired) electrons. The van der Waals surface area contributed by atoms with Gasteiger partial charge < -0.3 is 5.11 Å². The van der Waals surface area contributed by atoms with Crippen LogP contribution in [0.1, 0.15) is 18.4 Å². The van der Waals surface area contributed by atoms with E-state index >= 15 is 0 Å². The zero-order valence-corrected chi connectivity index (χ0v) is 9.70. The van der Waals surface area contributed by atoms with E-state index in [0.29, 0.717) is 18.0 Å². The van der Waals surface area contributed by atoms with Crippen LogP contribution in [0.25, 0.3) is 0 Å². The average molecular weight is 241 g/mol.